The molecule has 1 aliphatic heterocycles. The van der Waals surface area contributed by atoms with Crippen LogP contribution in [0.15, 0.2) is 30.3 Å². The Labute approximate surface area is 103 Å². The number of hydrogen-bond donors (Lipinski definition) is 1. The van der Waals surface area contributed by atoms with Crippen molar-refractivity contribution >= 4 is 0 Å². The van der Waals surface area contributed by atoms with Crippen molar-refractivity contribution in [2.24, 2.45) is 0 Å². The van der Waals surface area contributed by atoms with Crippen molar-refractivity contribution in [2.45, 2.75) is 32.1 Å². The molecule has 1 heterocycles. The van der Waals surface area contributed by atoms with Crippen molar-refractivity contribution in [1.82, 2.24) is 5.32 Å². The molecular weight excluding hydrogens is 214 g/mol. The van der Waals surface area contributed by atoms with E-state index in [-0.39, 0.29) is 6.10 Å². The van der Waals surface area contributed by atoms with Crippen LogP contribution in [0.1, 0.15) is 18.9 Å². The molecule has 1 aromatic carbocycles. The minimum absolute atomic E-state index is 0.196. The highest BCUT2D eigenvalue weighted by molar-refractivity contribution is 5.13. The van der Waals surface area contributed by atoms with E-state index in [0.717, 1.165) is 19.6 Å². The summed E-state index contributed by atoms with van der Waals surface area (Å²) in [5.74, 6) is 0. The quantitative estimate of drug-likeness (QED) is 0.846. The third-order valence-electron chi connectivity index (χ3n) is 3.08. The lowest BCUT2D eigenvalue weighted by atomic mass is 10.2. The maximum Gasteiger partial charge on any atom is 0.0933 e. The third kappa shape index (κ3) is 4.11. The predicted octanol–water partition coefficient (Wildman–Crippen LogP) is 1.97. The normalized spacial score (nSPS) is 24.8. The maximum atomic E-state index is 5.73. The van der Waals surface area contributed by atoms with Gasteiger partial charge in [0.05, 0.1) is 25.9 Å². The van der Waals surface area contributed by atoms with Crippen LogP contribution < -0.4 is 5.32 Å². The predicted molar refractivity (Wildman–Crippen MR) is 67.9 cm³/mol. The average Bonchev–Trinajstić information content (AvgIpc) is 2.41. The van der Waals surface area contributed by atoms with E-state index in [0.29, 0.717) is 19.3 Å². The Bertz CT molecular complexity index is 307. The summed E-state index contributed by atoms with van der Waals surface area (Å²) < 4.78 is 11.4. The number of morpholine rings is 1. The van der Waals surface area contributed by atoms with Crippen LogP contribution in [0.3, 0.4) is 0 Å². The van der Waals surface area contributed by atoms with Crippen LogP contribution in [-0.4, -0.2) is 31.9 Å². The molecule has 2 atom stereocenters. The Balaban J connectivity index is 1.63. The fourth-order valence-corrected chi connectivity index (χ4v) is 1.92. The van der Waals surface area contributed by atoms with Gasteiger partial charge in [0.2, 0.25) is 0 Å². The van der Waals surface area contributed by atoms with Crippen LogP contribution in [0, 0.1) is 0 Å². The maximum absolute atomic E-state index is 5.73. The van der Waals surface area contributed by atoms with E-state index in [9.17, 15) is 0 Å². The molecule has 1 saturated heterocycles. The third-order valence-corrected chi connectivity index (χ3v) is 3.08. The summed E-state index contributed by atoms with van der Waals surface area (Å²) in [6, 6.07) is 10.7. The van der Waals surface area contributed by atoms with Gasteiger partial charge in [0.1, 0.15) is 0 Å². The molecule has 2 unspecified atom stereocenters. The molecule has 3 nitrogen and oxygen atoms in total. The molecule has 0 amide bonds. The van der Waals surface area contributed by atoms with E-state index in [4.69, 9.17) is 9.47 Å². The number of rotatable bonds is 5. The zero-order valence-corrected chi connectivity index (χ0v) is 10.4. The molecule has 0 aliphatic carbocycles. The van der Waals surface area contributed by atoms with E-state index in [1.54, 1.807) is 0 Å². The van der Waals surface area contributed by atoms with Crippen LogP contribution in [0.4, 0.5) is 0 Å². The van der Waals surface area contributed by atoms with Gasteiger partial charge in [-0.05, 0) is 12.0 Å². The second kappa shape index (κ2) is 6.74. The molecular formula is C14H21NO2. The molecule has 2 rings (SSSR count). The van der Waals surface area contributed by atoms with E-state index >= 15 is 0 Å². The second-order valence-corrected chi connectivity index (χ2v) is 4.47. The van der Waals surface area contributed by atoms with Crippen molar-refractivity contribution < 1.29 is 9.47 Å². The Hall–Kier alpha value is -0.900. The summed E-state index contributed by atoms with van der Waals surface area (Å²) >= 11 is 0. The van der Waals surface area contributed by atoms with E-state index < -0.39 is 0 Å². The van der Waals surface area contributed by atoms with E-state index in [2.05, 4.69) is 24.4 Å². The number of hydrogen-bond acceptors (Lipinski definition) is 3. The van der Waals surface area contributed by atoms with Crippen molar-refractivity contribution in [2.75, 3.05) is 19.8 Å². The molecule has 0 bridgehead atoms. The Morgan fingerprint density at radius 3 is 2.82 bits per heavy atom. The SMILES string of the molecule is CCC1COC(COCc2ccccc2)CN1. The van der Waals surface area contributed by atoms with Gasteiger partial charge in [-0.3, -0.25) is 0 Å². The van der Waals surface area contributed by atoms with Gasteiger partial charge in [0.15, 0.2) is 0 Å². The fourth-order valence-electron chi connectivity index (χ4n) is 1.92. The number of benzene rings is 1. The zero-order chi connectivity index (χ0) is 11.9. The standard InChI is InChI=1S/C14H21NO2/c1-2-13-10-17-14(8-15-13)11-16-9-12-6-4-3-5-7-12/h3-7,13-15H,2,8-11H2,1H3. The minimum atomic E-state index is 0.196. The Morgan fingerprint density at radius 2 is 2.18 bits per heavy atom. The summed E-state index contributed by atoms with van der Waals surface area (Å²) in [4.78, 5) is 0. The molecule has 1 N–H and O–H groups in total. The summed E-state index contributed by atoms with van der Waals surface area (Å²) in [6.07, 6.45) is 1.32. The average molecular weight is 235 g/mol. The summed E-state index contributed by atoms with van der Waals surface area (Å²) in [5.41, 5.74) is 1.21. The first kappa shape index (κ1) is 12.6. The molecule has 0 spiro atoms. The van der Waals surface area contributed by atoms with Gasteiger partial charge in [0, 0.05) is 12.6 Å². The highest BCUT2D eigenvalue weighted by atomic mass is 16.5. The minimum Gasteiger partial charge on any atom is -0.374 e. The Kier molecular flexibility index (Phi) is 4.98. The highest BCUT2D eigenvalue weighted by Crippen LogP contribution is 2.06. The van der Waals surface area contributed by atoms with Crippen molar-refractivity contribution in [1.29, 1.82) is 0 Å². The monoisotopic (exact) mass is 235 g/mol. The molecule has 1 aliphatic rings. The number of ether oxygens (including phenoxy) is 2. The molecule has 94 valence electrons. The molecule has 0 radical (unpaired) electrons. The highest BCUT2D eigenvalue weighted by Gasteiger charge is 2.19. The largest absolute Gasteiger partial charge is 0.374 e. The fraction of sp³-hybridized carbons (Fsp3) is 0.571. The van der Waals surface area contributed by atoms with Crippen molar-refractivity contribution in [3.63, 3.8) is 0 Å². The summed E-state index contributed by atoms with van der Waals surface area (Å²) in [7, 11) is 0. The lowest BCUT2D eigenvalue weighted by molar-refractivity contribution is -0.0504. The topological polar surface area (TPSA) is 30.5 Å². The van der Waals surface area contributed by atoms with Crippen LogP contribution in [0.2, 0.25) is 0 Å². The summed E-state index contributed by atoms with van der Waals surface area (Å²) in [5, 5.41) is 3.46. The van der Waals surface area contributed by atoms with E-state index in [1.807, 2.05) is 18.2 Å². The first-order valence-corrected chi connectivity index (χ1v) is 6.35. The van der Waals surface area contributed by atoms with Gasteiger partial charge in [-0.2, -0.15) is 0 Å². The van der Waals surface area contributed by atoms with Crippen LogP contribution in [0.5, 0.6) is 0 Å². The molecule has 1 fully saturated rings. The zero-order valence-electron chi connectivity index (χ0n) is 10.4. The van der Waals surface area contributed by atoms with Crippen LogP contribution in [-0.2, 0) is 16.1 Å². The molecule has 0 saturated carbocycles. The first-order chi connectivity index (χ1) is 8.38. The van der Waals surface area contributed by atoms with Crippen molar-refractivity contribution in [3.05, 3.63) is 35.9 Å². The molecule has 3 heteroatoms. The molecule has 0 aromatic heterocycles. The van der Waals surface area contributed by atoms with Gasteiger partial charge in [-0.15, -0.1) is 0 Å². The smallest absolute Gasteiger partial charge is 0.0933 e. The van der Waals surface area contributed by atoms with Crippen molar-refractivity contribution in [3.8, 4) is 0 Å². The number of nitrogens with one attached hydrogen (secondary N) is 1. The van der Waals surface area contributed by atoms with Crippen LogP contribution in [0.25, 0.3) is 0 Å². The lowest BCUT2D eigenvalue weighted by Gasteiger charge is -2.29. The summed E-state index contributed by atoms with van der Waals surface area (Å²) in [6.45, 7) is 5.20. The van der Waals surface area contributed by atoms with Gasteiger partial charge in [-0.1, -0.05) is 37.3 Å². The molecule has 1 aromatic rings. The van der Waals surface area contributed by atoms with Gasteiger partial charge in [-0.25, -0.2) is 0 Å². The van der Waals surface area contributed by atoms with Crippen LogP contribution >= 0.6 is 0 Å². The molecule has 17 heavy (non-hydrogen) atoms. The van der Waals surface area contributed by atoms with Gasteiger partial charge < -0.3 is 14.8 Å². The van der Waals surface area contributed by atoms with E-state index in [1.165, 1.54) is 5.56 Å². The lowest BCUT2D eigenvalue weighted by Crippen LogP contribution is -2.47. The second-order valence-electron chi connectivity index (χ2n) is 4.47. The van der Waals surface area contributed by atoms with Gasteiger partial charge in [0.25, 0.3) is 0 Å². The van der Waals surface area contributed by atoms with Gasteiger partial charge >= 0.3 is 0 Å². The Morgan fingerprint density at radius 1 is 1.35 bits per heavy atom. The first-order valence-electron chi connectivity index (χ1n) is 6.35.